The molecule has 108 valence electrons. The quantitative estimate of drug-likeness (QED) is 0.620. The summed E-state index contributed by atoms with van der Waals surface area (Å²) in [6, 6.07) is -0.519. The van der Waals surface area contributed by atoms with Crippen molar-refractivity contribution in [1.82, 2.24) is 15.5 Å². The van der Waals surface area contributed by atoms with E-state index >= 15 is 0 Å². The van der Waals surface area contributed by atoms with Crippen LogP contribution in [0, 0.1) is 0 Å². The number of aliphatic carboxylic acids is 1. The number of carboxylic acid groups (broad SMARTS) is 1. The molecular weight excluding hydrogens is 250 g/mol. The van der Waals surface area contributed by atoms with E-state index < -0.39 is 17.9 Å². The van der Waals surface area contributed by atoms with Crippen LogP contribution < -0.4 is 10.6 Å². The summed E-state index contributed by atoms with van der Waals surface area (Å²) >= 11 is 0. The minimum Gasteiger partial charge on any atom is -0.478 e. The number of nitrogens with one attached hydrogen (secondary N) is 2. The highest BCUT2D eigenvalue weighted by molar-refractivity contribution is 6.07. The zero-order chi connectivity index (χ0) is 15.2. The van der Waals surface area contributed by atoms with Crippen LogP contribution in [0.5, 0.6) is 0 Å². The molecule has 0 spiro atoms. The van der Waals surface area contributed by atoms with Gasteiger partial charge in [0.05, 0.1) is 0 Å². The van der Waals surface area contributed by atoms with Gasteiger partial charge in [-0.15, -0.1) is 0 Å². The number of hydrogen-bond acceptors (Lipinski definition) is 4. The zero-order valence-corrected chi connectivity index (χ0v) is 11.9. The van der Waals surface area contributed by atoms with Crippen LogP contribution in [-0.2, 0) is 9.59 Å². The van der Waals surface area contributed by atoms with Crippen molar-refractivity contribution in [2.75, 3.05) is 20.6 Å². The molecule has 0 saturated heterocycles. The van der Waals surface area contributed by atoms with Crippen molar-refractivity contribution < 1.29 is 19.5 Å². The summed E-state index contributed by atoms with van der Waals surface area (Å²) in [7, 11) is 3.75. The van der Waals surface area contributed by atoms with Gasteiger partial charge >= 0.3 is 12.0 Å². The molecule has 0 rings (SSSR count). The molecule has 19 heavy (non-hydrogen) atoms. The lowest BCUT2D eigenvalue weighted by Crippen LogP contribution is -2.45. The lowest BCUT2D eigenvalue weighted by molar-refractivity contribution is -0.133. The van der Waals surface area contributed by atoms with E-state index in [9.17, 15) is 14.4 Å². The normalized spacial score (nSPS) is 13.6. The second-order valence-electron chi connectivity index (χ2n) is 4.53. The average molecular weight is 271 g/mol. The Morgan fingerprint density at radius 1 is 1.16 bits per heavy atom. The number of nitrogens with zero attached hydrogens (tertiary/aromatic N) is 1. The number of urea groups is 1. The second kappa shape index (κ2) is 7.52. The minimum absolute atomic E-state index is 0.00306. The largest absolute Gasteiger partial charge is 0.478 e. The molecule has 0 heterocycles. The van der Waals surface area contributed by atoms with Gasteiger partial charge in [-0.1, -0.05) is 0 Å². The highest BCUT2D eigenvalue weighted by Crippen LogP contribution is 2.03. The molecule has 0 fully saturated rings. The number of likely N-dealkylation sites (N-methyl/N-ethyl adjacent to an activating group) is 1. The maximum absolute atomic E-state index is 11.6. The summed E-state index contributed by atoms with van der Waals surface area (Å²) in [4.78, 5) is 35.6. The SMILES string of the molecule is CC(C(=O)O)=C(C)C(=O)NC(=O)NCC(C)N(C)C. The van der Waals surface area contributed by atoms with Gasteiger partial charge in [-0.2, -0.15) is 0 Å². The van der Waals surface area contributed by atoms with Crippen LogP contribution in [0.15, 0.2) is 11.1 Å². The monoisotopic (exact) mass is 271 g/mol. The Bertz CT molecular complexity index is 402. The molecule has 3 N–H and O–H groups in total. The Balaban J connectivity index is 4.39. The predicted octanol–water partition coefficient (Wildman–Crippen LogP) is 0.183. The average Bonchev–Trinajstić information content (AvgIpc) is 2.33. The van der Waals surface area contributed by atoms with Crippen LogP contribution >= 0.6 is 0 Å². The van der Waals surface area contributed by atoms with E-state index in [0.29, 0.717) is 6.54 Å². The first-order valence-electron chi connectivity index (χ1n) is 5.83. The third-order valence-corrected chi connectivity index (χ3v) is 2.89. The van der Waals surface area contributed by atoms with E-state index in [1.165, 1.54) is 13.8 Å². The molecule has 0 aliphatic rings. The van der Waals surface area contributed by atoms with Crippen LogP contribution in [0.3, 0.4) is 0 Å². The van der Waals surface area contributed by atoms with Gasteiger partial charge in [0.1, 0.15) is 0 Å². The van der Waals surface area contributed by atoms with Crippen molar-refractivity contribution >= 4 is 17.9 Å². The van der Waals surface area contributed by atoms with Gasteiger partial charge in [-0.3, -0.25) is 10.1 Å². The number of carbonyl (C=O) groups excluding carboxylic acids is 2. The standard InChI is InChI=1S/C12H21N3O4/c1-7(15(4)5)6-13-12(19)14-10(16)8(2)9(3)11(17)18/h7H,6H2,1-5H3,(H,17,18)(H2,13,14,16,19). The summed E-state index contributed by atoms with van der Waals surface area (Å²) < 4.78 is 0. The molecule has 0 aromatic rings. The molecule has 0 aliphatic carbocycles. The Kier molecular flexibility index (Phi) is 6.78. The van der Waals surface area contributed by atoms with Crippen molar-refractivity contribution in [2.45, 2.75) is 26.8 Å². The molecular formula is C12H21N3O4. The number of carboxylic acids is 1. The fourth-order valence-electron chi connectivity index (χ4n) is 0.995. The topological polar surface area (TPSA) is 98.7 Å². The summed E-state index contributed by atoms with van der Waals surface area (Å²) in [6.45, 7) is 4.96. The van der Waals surface area contributed by atoms with Crippen LogP contribution in [0.25, 0.3) is 0 Å². The second-order valence-corrected chi connectivity index (χ2v) is 4.53. The molecule has 0 bridgehead atoms. The molecule has 0 saturated carbocycles. The smallest absolute Gasteiger partial charge is 0.331 e. The molecule has 0 aromatic heterocycles. The van der Waals surface area contributed by atoms with Crippen LogP contribution in [0.1, 0.15) is 20.8 Å². The van der Waals surface area contributed by atoms with Crippen molar-refractivity contribution in [3.05, 3.63) is 11.1 Å². The molecule has 0 aliphatic heterocycles. The summed E-state index contributed by atoms with van der Waals surface area (Å²) in [5.41, 5.74) is -0.0877. The number of rotatable bonds is 5. The maximum Gasteiger partial charge on any atom is 0.331 e. The first-order valence-corrected chi connectivity index (χ1v) is 5.83. The number of hydrogen-bond donors (Lipinski definition) is 3. The molecule has 3 amide bonds. The number of carbonyl (C=O) groups is 3. The molecule has 1 atom stereocenters. The lowest BCUT2D eigenvalue weighted by atomic mass is 10.1. The van der Waals surface area contributed by atoms with E-state index in [1.807, 2.05) is 25.9 Å². The lowest BCUT2D eigenvalue weighted by Gasteiger charge is -2.19. The minimum atomic E-state index is -1.19. The predicted molar refractivity (Wildman–Crippen MR) is 70.7 cm³/mol. The Hall–Kier alpha value is -1.89. The van der Waals surface area contributed by atoms with Gasteiger partial charge in [0.2, 0.25) is 0 Å². The van der Waals surface area contributed by atoms with Crippen molar-refractivity contribution in [1.29, 1.82) is 0 Å². The Morgan fingerprint density at radius 2 is 1.68 bits per heavy atom. The van der Waals surface area contributed by atoms with Crippen LogP contribution in [0.4, 0.5) is 4.79 Å². The summed E-state index contributed by atoms with van der Waals surface area (Å²) in [5.74, 6) is -1.90. The fraction of sp³-hybridized carbons (Fsp3) is 0.583. The highest BCUT2D eigenvalue weighted by atomic mass is 16.4. The van der Waals surface area contributed by atoms with Gasteiger partial charge in [0.15, 0.2) is 0 Å². The molecule has 0 aromatic carbocycles. The van der Waals surface area contributed by atoms with Gasteiger partial charge in [0, 0.05) is 23.7 Å². The van der Waals surface area contributed by atoms with Gasteiger partial charge < -0.3 is 15.3 Å². The van der Waals surface area contributed by atoms with E-state index in [4.69, 9.17) is 5.11 Å². The fourth-order valence-corrected chi connectivity index (χ4v) is 0.995. The van der Waals surface area contributed by atoms with Crippen molar-refractivity contribution in [3.63, 3.8) is 0 Å². The van der Waals surface area contributed by atoms with Crippen LogP contribution in [0.2, 0.25) is 0 Å². The van der Waals surface area contributed by atoms with Crippen molar-refractivity contribution in [3.8, 4) is 0 Å². The molecule has 0 radical (unpaired) electrons. The van der Waals surface area contributed by atoms with Gasteiger partial charge in [-0.05, 0) is 34.9 Å². The maximum atomic E-state index is 11.6. The van der Waals surface area contributed by atoms with Gasteiger partial charge in [-0.25, -0.2) is 9.59 Å². The third kappa shape index (κ3) is 6.01. The van der Waals surface area contributed by atoms with E-state index in [2.05, 4.69) is 10.6 Å². The zero-order valence-electron chi connectivity index (χ0n) is 11.9. The molecule has 7 nitrogen and oxygen atoms in total. The van der Waals surface area contributed by atoms with Crippen molar-refractivity contribution in [2.24, 2.45) is 0 Å². The van der Waals surface area contributed by atoms with Crippen LogP contribution in [-0.4, -0.2) is 54.6 Å². The molecule has 7 heteroatoms. The Morgan fingerprint density at radius 3 is 2.11 bits per heavy atom. The summed E-state index contributed by atoms with van der Waals surface area (Å²) in [5, 5.41) is 13.3. The number of amides is 3. The van der Waals surface area contributed by atoms with E-state index in [0.717, 1.165) is 0 Å². The number of imide groups is 1. The highest BCUT2D eigenvalue weighted by Gasteiger charge is 2.15. The molecule has 1 unspecified atom stereocenters. The first kappa shape index (κ1) is 17.1. The van der Waals surface area contributed by atoms with E-state index in [-0.39, 0.29) is 17.2 Å². The Labute approximate surface area is 112 Å². The summed E-state index contributed by atoms with van der Waals surface area (Å²) in [6.07, 6.45) is 0. The van der Waals surface area contributed by atoms with E-state index in [1.54, 1.807) is 0 Å². The first-order chi connectivity index (χ1) is 8.66. The van der Waals surface area contributed by atoms with Gasteiger partial charge in [0.25, 0.3) is 5.91 Å². The third-order valence-electron chi connectivity index (χ3n) is 2.89.